The summed E-state index contributed by atoms with van der Waals surface area (Å²) in [6, 6.07) is 7.39. The standard InChI is InChI=1S/C19H21ClN2O2S2/c20-15-8-3-2-7-14(15)13-16-18(24)22(19(25)26-16)12-6-9-17(23)21-10-4-1-5-11-21/h2-3,7-8,13H,1,4-6,9-12H2/b16-13+. The van der Waals surface area contributed by atoms with Crippen molar-refractivity contribution < 1.29 is 9.59 Å². The molecule has 2 saturated heterocycles. The summed E-state index contributed by atoms with van der Waals surface area (Å²) < 4.78 is 0.540. The maximum Gasteiger partial charge on any atom is 0.266 e. The van der Waals surface area contributed by atoms with Gasteiger partial charge in [0.2, 0.25) is 5.91 Å². The van der Waals surface area contributed by atoms with E-state index >= 15 is 0 Å². The summed E-state index contributed by atoms with van der Waals surface area (Å²) in [7, 11) is 0. The zero-order chi connectivity index (χ0) is 18.5. The Labute approximate surface area is 168 Å². The Morgan fingerprint density at radius 3 is 2.69 bits per heavy atom. The smallest absolute Gasteiger partial charge is 0.266 e. The number of thiocarbonyl (C=S) groups is 1. The first-order valence-corrected chi connectivity index (χ1v) is 10.4. The molecule has 138 valence electrons. The zero-order valence-corrected chi connectivity index (χ0v) is 16.8. The minimum atomic E-state index is -0.106. The maximum atomic E-state index is 12.6. The van der Waals surface area contributed by atoms with Crippen molar-refractivity contribution >= 4 is 57.8 Å². The SMILES string of the molecule is O=C(CCCN1C(=O)/C(=C\c2ccccc2Cl)SC1=S)N1CCCCC1. The largest absolute Gasteiger partial charge is 0.343 e. The van der Waals surface area contributed by atoms with E-state index in [9.17, 15) is 9.59 Å². The van der Waals surface area contributed by atoms with Crippen LogP contribution in [0.15, 0.2) is 29.2 Å². The lowest BCUT2D eigenvalue weighted by Crippen LogP contribution is -2.36. The quantitative estimate of drug-likeness (QED) is 0.537. The molecule has 0 aromatic heterocycles. The summed E-state index contributed by atoms with van der Waals surface area (Å²) in [5.74, 6) is 0.0760. The van der Waals surface area contributed by atoms with Gasteiger partial charge in [0.1, 0.15) is 4.32 Å². The van der Waals surface area contributed by atoms with Crippen LogP contribution in [0.2, 0.25) is 5.02 Å². The van der Waals surface area contributed by atoms with Crippen molar-refractivity contribution in [3.05, 3.63) is 39.8 Å². The second-order valence-electron chi connectivity index (χ2n) is 6.40. The first kappa shape index (κ1) is 19.4. The number of thioether (sulfide) groups is 1. The van der Waals surface area contributed by atoms with Crippen molar-refractivity contribution in [3.63, 3.8) is 0 Å². The highest BCUT2D eigenvalue weighted by molar-refractivity contribution is 8.26. The molecule has 0 bridgehead atoms. The monoisotopic (exact) mass is 408 g/mol. The lowest BCUT2D eigenvalue weighted by molar-refractivity contribution is -0.132. The molecule has 3 rings (SSSR count). The minimum Gasteiger partial charge on any atom is -0.343 e. The average Bonchev–Trinajstić information content (AvgIpc) is 2.91. The fraction of sp³-hybridized carbons (Fsp3) is 0.421. The average molecular weight is 409 g/mol. The van der Waals surface area contributed by atoms with Crippen molar-refractivity contribution in [1.82, 2.24) is 9.80 Å². The van der Waals surface area contributed by atoms with Gasteiger partial charge in [0.15, 0.2) is 0 Å². The Kier molecular flexibility index (Phi) is 6.73. The Balaban J connectivity index is 1.56. The van der Waals surface area contributed by atoms with Crippen LogP contribution in [-0.4, -0.2) is 45.6 Å². The predicted molar refractivity (Wildman–Crippen MR) is 111 cm³/mol. The van der Waals surface area contributed by atoms with Gasteiger partial charge in [-0.3, -0.25) is 14.5 Å². The Bertz CT molecular complexity index is 745. The van der Waals surface area contributed by atoms with Crippen LogP contribution < -0.4 is 0 Å². The van der Waals surface area contributed by atoms with E-state index in [1.54, 1.807) is 17.0 Å². The highest BCUT2D eigenvalue weighted by Crippen LogP contribution is 2.33. The first-order valence-electron chi connectivity index (χ1n) is 8.84. The molecule has 26 heavy (non-hydrogen) atoms. The summed E-state index contributed by atoms with van der Waals surface area (Å²) in [5.41, 5.74) is 0.801. The van der Waals surface area contributed by atoms with Gasteiger partial charge in [0.25, 0.3) is 5.91 Å². The molecule has 2 heterocycles. The number of carbonyl (C=O) groups is 2. The Morgan fingerprint density at radius 1 is 1.23 bits per heavy atom. The number of likely N-dealkylation sites (tertiary alicyclic amines) is 1. The fourth-order valence-corrected chi connectivity index (χ4v) is 4.61. The molecule has 0 atom stereocenters. The molecule has 7 heteroatoms. The zero-order valence-electron chi connectivity index (χ0n) is 14.4. The van der Waals surface area contributed by atoms with Crippen LogP contribution in [0.4, 0.5) is 0 Å². The lowest BCUT2D eigenvalue weighted by Gasteiger charge is -2.27. The van der Waals surface area contributed by atoms with Crippen LogP contribution >= 0.6 is 35.6 Å². The lowest BCUT2D eigenvalue weighted by atomic mass is 10.1. The van der Waals surface area contributed by atoms with Crippen LogP contribution in [0.3, 0.4) is 0 Å². The molecule has 0 N–H and O–H groups in total. The summed E-state index contributed by atoms with van der Waals surface area (Å²) >= 11 is 12.8. The van der Waals surface area contributed by atoms with E-state index in [1.807, 2.05) is 23.1 Å². The highest BCUT2D eigenvalue weighted by Gasteiger charge is 2.32. The molecule has 0 spiro atoms. The number of hydrogen-bond donors (Lipinski definition) is 0. The normalized spacial score (nSPS) is 19.5. The van der Waals surface area contributed by atoms with Crippen molar-refractivity contribution in [3.8, 4) is 0 Å². The van der Waals surface area contributed by atoms with E-state index in [-0.39, 0.29) is 11.8 Å². The third kappa shape index (κ3) is 4.67. The van der Waals surface area contributed by atoms with Crippen molar-refractivity contribution in [2.24, 2.45) is 0 Å². The molecule has 1 aromatic rings. The van der Waals surface area contributed by atoms with Crippen LogP contribution in [0, 0.1) is 0 Å². The second kappa shape index (κ2) is 9.02. The fourth-order valence-electron chi connectivity index (χ4n) is 3.12. The van der Waals surface area contributed by atoms with Crippen molar-refractivity contribution in [1.29, 1.82) is 0 Å². The highest BCUT2D eigenvalue weighted by atomic mass is 35.5. The van der Waals surface area contributed by atoms with Gasteiger partial charge in [-0.1, -0.05) is 53.8 Å². The van der Waals surface area contributed by atoms with Gasteiger partial charge in [-0.15, -0.1) is 0 Å². The van der Waals surface area contributed by atoms with Gasteiger partial charge in [0.05, 0.1) is 4.91 Å². The van der Waals surface area contributed by atoms with Crippen molar-refractivity contribution in [2.45, 2.75) is 32.1 Å². The molecule has 0 saturated carbocycles. The topological polar surface area (TPSA) is 40.6 Å². The van der Waals surface area contributed by atoms with E-state index < -0.39 is 0 Å². The van der Waals surface area contributed by atoms with Crippen molar-refractivity contribution in [2.75, 3.05) is 19.6 Å². The number of carbonyl (C=O) groups excluding carboxylic acids is 2. The van der Waals surface area contributed by atoms with Gasteiger partial charge in [-0.25, -0.2) is 0 Å². The molecule has 0 unspecified atom stereocenters. The van der Waals surface area contributed by atoms with Gasteiger partial charge in [-0.05, 0) is 43.4 Å². The first-order chi connectivity index (χ1) is 12.6. The number of hydrogen-bond acceptors (Lipinski definition) is 4. The number of amides is 2. The number of rotatable bonds is 5. The van der Waals surface area contributed by atoms with Crippen LogP contribution in [0.25, 0.3) is 6.08 Å². The van der Waals surface area contributed by atoms with E-state index in [2.05, 4.69) is 0 Å². The summed E-state index contributed by atoms with van der Waals surface area (Å²) in [6.07, 6.45) is 6.25. The molecular formula is C19H21ClN2O2S2. The third-order valence-electron chi connectivity index (χ3n) is 4.55. The molecule has 2 aliphatic rings. The molecule has 1 aromatic carbocycles. The Hall–Kier alpha value is -1.37. The summed E-state index contributed by atoms with van der Waals surface area (Å²) in [5, 5.41) is 0.602. The third-order valence-corrected chi connectivity index (χ3v) is 6.27. The van der Waals surface area contributed by atoms with Gasteiger partial charge in [0, 0.05) is 31.1 Å². The van der Waals surface area contributed by atoms with Crippen LogP contribution in [-0.2, 0) is 9.59 Å². The summed E-state index contributed by atoms with van der Waals surface area (Å²) in [6.45, 7) is 2.20. The maximum absolute atomic E-state index is 12.6. The van der Waals surface area contributed by atoms with E-state index in [1.165, 1.54) is 18.2 Å². The molecule has 0 aliphatic carbocycles. The second-order valence-corrected chi connectivity index (χ2v) is 8.48. The number of nitrogens with zero attached hydrogens (tertiary/aromatic N) is 2. The molecule has 0 radical (unpaired) electrons. The van der Waals surface area contributed by atoms with Gasteiger partial charge in [-0.2, -0.15) is 0 Å². The Morgan fingerprint density at radius 2 is 1.96 bits per heavy atom. The molecule has 2 aliphatic heterocycles. The predicted octanol–water partition coefficient (Wildman–Crippen LogP) is 4.33. The molecule has 2 fully saturated rings. The molecule has 2 amide bonds. The molecular weight excluding hydrogens is 388 g/mol. The van der Waals surface area contributed by atoms with E-state index in [0.29, 0.717) is 33.6 Å². The summed E-state index contributed by atoms with van der Waals surface area (Å²) in [4.78, 5) is 29.0. The molecule has 4 nitrogen and oxygen atoms in total. The van der Waals surface area contributed by atoms with E-state index in [4.69, 9.17) is 23.8 Å². The number of benzene rings is 1. The minimum absolute atomic E-state index is 0.106. The van der Waals surface area contributed by atoms with Crippen LogP contribution in [0.5, 0.6) is 0 Å². The number of halogens is 1. The van der Waals surface area contributed by atoms with E-state index in [0.717, 1.165) is 31.5 Å². The van der Waals surface area contributed by atoms with Gasteiger partial charge < -0.3 is 4.90 Å². The van der Waals surface area contributed by atoms with Crippen LogP contribution in [0.1, 0.15) is 37.7 Å². The van der Waals surface area contributed by atoms with Gasteiger partial charge >= 0.3 is 0 Å². The number of piperidine rings is 1.